The first-order valence-corrected chi connectivity index (χ1v) is 7.12. The Bertz CT molecular complexity index is 652. The third kappa shape index (κ3) is 2.48. The maximum atomic E-state index is 5.90. The lowest BCUT2D eigenvalue weighted by Gasteiger charge is -2.26. The van der Waals surface area contributed by atoms with Crippen LogP contribution in [-0.2, 0) is 13.6 Å². The van der Waals surface area contributed by atoms with Gasteiger partial charge in [0.05, 0.1) is 11.0 Å². The third-order valence-corrected chi connectivity index (χ3v) is 3.98. The second-order valence-corrected chi connectivity index (χ2v) is 5.55. The summed E-state index contributed by atoms with van der Waals surface area (Å²) < 4.78 is 2.08. The quantitative estimate of drug-likeness (QED) is 0.661. The molecule has 3 N–H and O–H groups in total. The van der Waals surface area contributed by atoms with E-state index in [4.69, 9.17) is 5.73 Å². The van der Waals surface area contributed by atoms with Crippen LogP contribution in [0.4, 0.5) is 0 Å². The van der Waals surface area contributed by atoms with Gasteiger partial charge in [0.15, 0.2) is 5.96 Å². The van der Waals surface area contributed by atoms with E-state index in [-0.39, 0.29) is 0 Å². The Morgan fingerprint density at radius 2 is 2.30 bits per heavy atom. The van der Waals surface area contributed by atoms with Gasteiger partial charge < -0.3 is 15.6 Å². The van der Waals surface area contributed by atoms with Crippen LogP contribution in [0, 0.1) is 6.92 Å². The average molecular weight is 271 g/mol. The summed E-state index contributed by atoms with van der Waals surface area (Å²) >= 11 is 0. The van der Waals surface area contributed by atoms with E-state index >= 15 is 0 Å². The van der Waals surface area contributed by atoms with E-state index in [1.807, 2.05) is 7.05 Å². The van der Waals surface area contributed by atoms with Gasteiger partial charge in [0.25, 0.3) is 0 Å². The lowest BCUT2D eigenvalue weighted by atomic mass is 9.93. The predicted molar refractivity (Wildman–Crippen MR) is 81.6 cm³/mol. The first kappa shape index (κ1) is 13.0. The first-order chi connectivity index (χ1) is 9.63. The number of fused-ring (bicyclic) bond motifs is 1. The van der Waals surface area contributed by atoms with Crippen LogP contribution < -0.4 is 11.1 Å². The summed E-state index contributed by atoms with van der Waals surface area (Å²) in [4.78, 5) is 9.03. The number of nitrogens with zero attached hydrogens (tertiary/aromatic N) is 3. The van der Waals surface area contributed by atoms with E-state index < -0.39 is 0 Å². The van der Waals surface area contributed by atoms with Gasteiger partial charge in [0, 0.05) is 13.1 Å². The summed E-state index contributed by atoms with van der Waals surface area (Å²) in [5, 5.41) is 3.24. The molecule has 1 heterocycles. The van der Waals surface area contributed by atoms with E-state index in [9.17, 15) is 0 Å². The normalized spacial score (nSPS) is 16.4. The molecule has 5 nitrogen and oxygen atoms in total. The number of nitrogens with two attached hydrogens (primary N) is 1. The molecule has 1 aliphatic carbocycles. The van der Waals surface area contributed by atoms with Crippen molar-refractivity contribution in [1.82, 2.24) is 14.9 Å². The van der Waals surface area contributed by atoms with Crippen molar-refractivity contribution >= 4 is 17.0 Å². The molecule has 1 aliphatic rings. The van der Waals surface area contributed by atoms with Crippen molar-refractivity contribution in [1.29, 1.82) is 0 Å². The second kappa shape index (κ2) is 5.15. The Morgan fingerprint density at radius 1 is 1.50 bits per heavy atom. The molecule has 0 atom stereocenters. The minimum Gasteiger partial charge on any atom is -0.370 e. The van der Waals surface area contributed by atoms with Gasteiger partial charge in [0.2, 0.25) is 0 Å². The number of rotatable bonds is 3. The van der Waals surface area contributed by atoms with Crippen LogP contribution in [0.1, 0.15) is 30.7 Å². The Labute approximate surface area is 118 Å². The number of hydrogen-bond acceptors (Lipinski definition) is 2. The van der Waals surface area contributed by atoms with Gasteiger partial charge in [-0.3, -0.25) is 0 Å². The molecule has 1 aromatic carbocycles. The molecule has 3 rings (SSSR count). The topological polar surface area (TPSA) is 68.2 Å². The van der Waals surface area contributed by atoms with Crippen molar-refractivity contribution in [3.63, 3.8) is 0 Å². The van der Waals surface area contributed by atoms with Crippen molar-refractivity contribution in [2.45, 2.75) is 38.8 Å². The minimum absolute atomic E-state index is 0.510. The van der Waals surface area contributed by atoms with Gasteiger partial charge in [-0.25, -0.2) is 9.98 Å². The van der Waals surface area contributed by atoms with Crippen LogP contribution in [0.2, 0.25) is 0 Å². The maximum absolute atomic E-state index is 5.90. The zero-order valence-corrected chi connectivity index (χ0v) is 12.1. The number of aliphatic imine (C=N–C) groups is 1. The highest BCUT2D eigenvalue weighted by molar-refractivity contribution is 5.79. The number of aromatic nitrogens is 2. The molecular formula is C15H21N5. The highest BCUT2D eigenvalue weighted by Crippen LogP contribution is 2.18. The third-order valence-electron chi connectivity index (χ3n) is 3.98. The van der Waals surface area contributed by atoms with Crippen molar-refractivity contribution in [3.8, 4) is 0 Å². The number of benzene rings is 1. The molecule has 106 valence electrons. The fraction of sp³-hybridized carbons (Fsp3) is 0.467. The molecule has 2 aromatic rings. The molecule has 0 amide bonds. The average Bonchev–Trinajstić information content (AvgIpc) is 2.68. The highest BCUT2D eigenvalue weighted by Gasteiger charge is 2.17. The molecule has 20 heavy (non-hydrogen) atoms. The van der Waals surface area contributed by atoms with Crippen LogP contribution in [0.25, 0.3) is 11.0 Å². The summed E-state index contributed by atoms with van der Waals surface area (Å²) in [5.74, 6) is 1.46. The molecular weight excluding hydrogens is 250 g/mol. The van der Waals surface area contributed by atoms with Crippen LogP contribution in [0.5, 0.6) is 0 Å². The van der Waals surface area contributed by atoms with Gasteiger partial charge in [-0.1, -0.05) is 6.07 Å². The van der Waals surface area contributed by atoms with Crippen molar-refractivity contribution < 1.29 is 0 Å². The largest absolute Gasteiger partial charge is 0.370 e. The van der Waals surface area contributed by atoms with Gasteiger partial charge in [-0.2, -0.15) is 0 Å². The Kier molecular flexibility index (Phi) is 3.34. The first-order valence-electron chi connectivity index (χ1n) is 7.12. The molecule has 5 heteroatoms. The summed E-state index contributed by atoms with van der Waals surface area (Å²) in [6.45, 7) is 2.59. The van der Waals surface area contributed by atoms with Crippen molar-refractivity contribution in [2.24, 2.45) is 17.8 Å². The Morgan fingerprint density at radius 3 is 3.00 bits per heavy atom. The second-order valence-electron chi connectivity index (χ2n) is 5.55. The fourth-order valence-electron chi connectivity index (χ4n) is 2.46. The summed E-state index contributed by atoms with van der Waals surface area (Å²) in [5.41, 5.74) is 9.27. The Balaban J connectivity index is 1.76. The predicted octanol–water partition coefficient (Wildman–Crippen LogP) is 1.84. The van der Waals surface area contributed by atoms with Crippen LogP contribution in [-0.4, -0.2) is 21.6 Å². The molecule has 1 saturated carbocycles. The molecule has 0 unspecified atom stereocenters. The molecule has 0 saturated heterocycles. The molecule has 0 spiro atoms. The number of imidazole rings is 1. The van der Waals surface area contributed by atoms with Gasteiger partial charge in [0.1, 0.15) is 12.4 Å². The van der Waals surface area contributed by atoms with Gasteiger partial charge >= 0.3 is 0 Å². The number of hydrogen-bond donors (Lipinski definition) is 2. The summed E-state index contributed by atoms with van der Waals surface area (Å²) in [7, 11) is 2.02. The van der Waals surface area contributed by atoms with E-state index in [2.05, 4.69) is 45.0 Å². The fourth-order valence-corrected chi connectivity index (χ4v) is 2.46. The standard InChI is InChI=1S/C15H21N5/c1-10-6-7-13-12(8-10)19-14(20(13)2)9-17-15(16)18-11-4-3-5-11/h6-8,11H,3-5,9H2,1-2H3,(H3,16,17,18). The molecule has 0 bridgehead atoms. The van der Waals surface area contributed by atoms with Crippen molar-refractivity contribution in [3.05, 3.63) is 29.6 Å². The van der Waals surface area contributed by atoms with E-state index in [1.54, 1.807) is 0 Å². The molecule has 1 fully saturated rings. The van der Waals surface area contributed by atoms with Crippen molar-refractivity contribution in [2.75, 3.05) is 0 Å². The van der Waals surface area contributed by atoms with E-state index in [1.165, 1.54) is 24.8 Å². The van der Waals surface area contributed by atoms with Gasteiger partial charge in [-0.15, -0.1) is 0 Å². The number of guanidine groups is 1. The highest BCUT2D eigenvalue weighted by atomic mass is 15.1. The minimum atomic E-state index is 0.510. The summed E-state index contributed by atoms with van der Waals surface area (Å²) in [6.07, 6.45) is 3.68. The maximum Gasteiger partial charge on any atom is 0.189 e. The van der Waals surface area contributed by atoms with Crippen LogP contribution in [0.15, 0.2) is 23.2 Å². The number of aryl methyl sites for hydroxylation is 2. The van der Waals surface area contributed by atoms with E-state index in [0.29, 0.717) is 18.5 Å². The number of nitrogens with one attached hydrogen (secondary N) is 1. The smallest absolute Gasteiger partial charge is 0.189 e. The Hall–Kier alpha value is -2.04. The lowest BCUT2D eigenvalue weighted by molar-refractivity contribution is 0.382. The summed E-state index contributed by atoms with van der Waals surface area (Å²) in [6, 6.07) is 6.81. The van der Waals surface area contributed by atoms with Gasteiger partial charge in [-0.05, 0) is 43.9 Å². The molecule has 1 aromatic heterocycles. The monoisotopic (exact) mass is 271 g/mol. The lowest BCUT2D eigenvalue weighted by Crippen LogP contribution is -2.43. The van der Waals surface area contributed by atoms with Crippen LogP contribution >= 0.6 is 0 Å². The SMILES string of the molecule is Cc1ccc2c(c1)nc(CN=C(N)NC1CCC1)n2C. The van der Waals surface area contributed by atoms with E-state index in [0.717, 1.165) is 16.9 Å². The zero-order valence-electron chi connectivity index (χ0n) is 12.1. The molecule has 0 radical (unpaired) electrons. The van der Waals surface area contributed by atoms with Crippen LogP contribution in [0.3, 0.4) is 0 Å². The molecule has 0 aliphatic heterocycles. The zero-order chi connectivity index (χ0) is 14.1.